The standard InChI is InChI=1S/C17H18ClNO3/c1-12(20)15-7-2-3-8-16(15)19-17(21)9-10-22-14-6-4-5-13(18)11-14/h2-8,11-12,20H,9-10H2,1H3,(H,19,21). The van der Waals surface area contributed by atoms with Crippen LogP contribution < -0.4 is 10.1 Å². The Balaban J connectivity index is 1.86. The van der Waals surface area contributed by atoms with Crippen LogP contribution in [0.4, 0.5) is 5.69 Å². The molecule has 22 heavy (non-hydrogen) atoms. The van der Waals surface area contributed by atoms with Crippen molar-refractivity contribution in [2.45, 2.75) is 19.4 Å². The number of anilines is 1. The zero-order valence-corrected chi connectivity index (χ0v) is 13.0. The van der Waals surface area contributed by atoms with Gasteiger partial charge in [-0.15, -0.1) is 0 Å². The summed E-state index contributed by atoms with van der Waals surface area (Å²) in [6, 6.07) is 14.2. The maximum atomic E-state index is 11.9. The molecule has 0 aliphatic carbocycles. The number of aliphatic hydroxyl groups is 1. The van der Waals surface area contributed by atoms with E-state index in [0.717, 1.165) is 0 Å². The van der Waals surface area contributed by atoms with Crippen molar-refractivity contribution >= 4 is 23.2 Å². The fraction of sp³-hybridized carbons (Fsp3) is 0.235. The number of halogens is 1. The summed E-state index contributed by atoms with van der Waals surface area (Å²) in [6.07, 6.45) is -0.431. The quantitative estimate of drug-likeness (QED) is 0.851. The SMILES string of the molecule is CC(O)c1ccccc1NC(=O)CCOc1cccc(Cl)c1. The summed E-state index contributed by atoms with van der Waals surface area (Å²) in [6.45, 7) is 1.91. The van der Waals surface area contributed by atoms with Crippen molar-refractivity contribution in [1.82, 2.24) is 0 Å². The van der Waals surface area contributed by atoms with Crippen molar-refractivity contribution in [3.8, 4) is 5.75 Å². The molecule has 2 rings (SSSR count). The van der Waals surface area contributed by atoms with Gasteiger partial charge in [0.2, 0.25) is 5.91 Å². The number of aliphatic hydroxyl groups excluding tert-OH is 1. The average Bonchev–Trinajstić information content (AvgIpc) is 2.47. The van der Waals surface area contributed by atoms with Gasteiger partial charge in [0.25, 0.3) is 0 Å². The van der Waals surface area contributed by atoms with Crippen molar-refractivity contribution in [2.24, 2.45) is 0 Å². The highest BCUT2D eigenvalue weighted by Gasteiger charge is 2.10. The third-order valence-electron chi connectivity index (χ3n) is 3.08. The van der Waals surface area contributed by atoms with Gasteiger partial charge in [0.1, 0.15) is 5.75 Å². The number of hydrogen-bond donors (Lipinski definition) is 2. The first-order valence-corrected chi connectivity index (χ1v) is 7.39. The average molecular weight is 320 g/mol. The lowest BCUT2D eigenvalue weighted by Gasteiger charge is -2.13. The predicted molar refractivity (Wildman–Crippen MR) is 87.3 cm³/mol. The van der Waals surface area contributed by atoms with E-state index in [1.807, 2.05) is 12.1 Å². The number of rotatable bonds is 6. The lowest BCUT2D eigenvalue weighted by atomic mass is 10.1. The molecule has 1 unspecified atom stereocenters. The van der Waals surface area contributed by atoms with Gasteiger partial charge in [-0.3, -0.25) is 4.79 Å². The minimum Gasteiger partial charge on any atom is -0.493 e. The van der Waals surface area contributed by atoms with Crippen LogP contribution in [0, 0.1) is 0 Å². The molecule has 116 valence electrons. The molecule has 0 fully saturated rings. The van der Waals surface area contributed by atoms with E-state index in [9.17, 15) is 9.90 Å². The number of benzene rings is 2. The van der Waals surface area contributed by atoms with Crippen molar-refractivity contribution in [3.05, 3.63) is 59.1 Å². The van der Waals surface area contributed by atoms with E-state index in [4.69, 9.17) is 16.3 Å². The molecule has 0 aliphatic rings. The first kappa shape index (κ1) is 16.3. The number of hydrogen-bond acceptors (Lipinski definition) is 3. The molecule has 2 aromatic rings. The monoisotopic (exact) mass is 319 g/mol. The Morgan fingerprint density at radius 1 is 1.27 bits per heavy atom. The molecule has 0 heterocycles. The Labute approximate surface area is 134 Å². The van der Waals surface area contributed by atoms with E-state index in [-0.39, 0.29) is 18.9 Å². The van der Waals surface area contributed by atoms with Crippen LogP contribution in [-0.4, -0.2) is 17.6 Å². The zero-order valence-electron chi connectivity index (χ0n) is 12.3. The molecule has 1 amide bonds. The van der Waals surface area contributed by atoms with Crippen LogP contribution in [-0.2, 0) is 4.79 Å². The first-order chi connectivity index (χ1) is 10.6. The number of nitrogens with one attached hydrogen (secondary N) is 1. The highest BCUT2D eigenvalue weighted by Crippen LogP contribution is 2.22. The molecule has 5 heteroatoms. The van der Waals surface area contributed by atoms with Gasteiger partial charge < -0.3 is 15.2 Å². The maximum Gasteiger partial charge on any atom is 0.227 e. The van der Waals surface area contributed by atoms with Gasteiger partial charge in [-0.25, -0.2) is 0 Å². The molecule has 0 radical (unpaired) electrons. The fourth-order valence-corrected chi connectivity index (χ4v) is 2.19. The van der Waals surface area contributed by atoms with Gasteiger partial charge in [-0.1, -0.05) is 35.9 Å². The normalized spacial score (nSPS) is 11.8. The van der Waals surface area contributed by atoms with Crippen LogP contribution in [0.15, 0.2) is 48.5 Å². The molecule has 4 nitrogen and oxygen atoms in total. The molecular formula is C17H18ClNO3. The Bertz CT molecular complexity index is 643. The van der Waals surface area contributed by atoms with Crippen LogP contribution in [0.2, 0.25) is 5.02 Å². The smallest absolute Gasteiger partial charge is 0.227 e. The summed E-state index contributed by atoms with van der Waals surface area (Å²) >= 11 is 5.86. The first-order valence-electron chi connectivity index (χ1n) is 7.01. The third kappa shape index (κ3) is 4.76. The van der Waals surface area contributed by atoms with E-state index < -0.39 is 6.10 Å². The highest BCUT2D eigenvalue weighted by molar-refractivity contribution is 6.30. The van der Waals surface area contributed by atoms with Crippen LogP contribution >= 0.6 is 11.6 Å². The molecule has 0 spiro atoms. The molecule has 1 atom stereocenters. The highest BCUT2D eigenvalue weighted by atomic mass is 35.5. The minimum atomic E-state index is -0.640. The third-order valence-corrected chi connectivity index (χ3v) is 3.31. The summed E-state index contributed by atoms with van der Waals surface area (Å²) in [5.74, 6) is 0.458. The molecular weight excluding hydrogens is 302 g/mol. The van der Waals surface area contributed by atoms with Gasteiger partial charge in [0, 0.05) is 16.3 Å². The van der Waals surface area contributed by atoms with Crippen molar-refractivity contribution in [2.75, 3.05) is 11.9 Å². The van der Waals surface area contributed by atoms with E-state index in [0.29, 0.717) is 22.0 Å². The molecule has 2 N–H and O–H groups in total. The Kier molecular flexibility index (Phi) is 5.81. The zero-order chi connectivity index (χ0) is 15.9. The van der Waals surface area contributed by atoms with E-state index in [1.54, 1.807) is 43.3 Å². The Morgan fingerprint density at radius 3 is 2.77 bits per heavy atom. The lowest BCUT2D eigenvalue weighted by molar-refractivity contribution is -0.116. The van der Waals surface area contributed by atoms with Gasteiger partial charge in [0.15, 0.2) is 0 Å². The summed E-state index contributed by atoms with van der Waals surface area (Å²) < 4.78 is 5.48. The minimum absolute atomic E-state index is 0.171. The summed E-state index contributed by atoms with van der Waals surface area (Å²) in [5, 5.41) is 13.1. The van der Waals surface area contributed by atoms with Gasteiger partial charge in [-0.2, -0.15) is 0 Å². The van der Waals surface area contributed by atoms with Crippen LogP contribution in [0.3, 0.4) is 0 Å². The number of para-hydroxylation sites is 1. The second-order valence-electron chi connectivity index (χ2n) is 4.87. The van der Waals surface area contributed by atoms with Gasteiger partial charge in [-0.05, 0) is 31.2 Å². The molecule has 2 aromatic carbocycles. The largest absolute Gasteiger partial charge is 0.493 e. The van der Waals surface area contributed by atoms with E-state index >= 15 is 0 Å². The second-order valence-corrected chi connectivity index (χ2v) is 5.30. The number of amides is 1. The molecule has 0 bridgehead atoms. The summed E-state index contributed by atoms with van der Waals surface area (Å²) in [5.41, 5.74) is 1.30. The Morgan fingerprint density at radius 2 is 2.05 bits per heavy atom. The van der Waals surface area contributed by atoms with Crippen molar-refractivity contribution in [3.63, 3.8) is 0 Å². The molecule has 0 aliphatic heterocycles. The maximum absolute atomic E-state index is 11.9. The van der Waals surface area contributed by atoms with Gasteiger partial charge in [0.05, 0.1) is 19.1 Å². The Hall–Kier alpha value is -2.04. The van der Waals surface area contributed by atoms with E-state index in [2.05, 4.69) is 5.32 Å². The number of carbonyl (C=O) groups excluding carboxylic acids is 1. The fourth-order valence-electron chi connectivity index (χ4n) is 2.01. The molecule has 0 saturated heterocycles. The lowest BCUT2D eigenvalue weighted by Crippen LogP contribution is -2.16. The van der Waals surface area contributed by atoms with Crippen molar-refractivity contribution < 1.29 is 14.6 Å². The number of ether oxygens (including phenoxy) is 1. The summed E-state index contributed by atoms with van der Waals surface area (Å²) in [7, 11) is 0. The summed E-state index contributed by atoms with van der Waals surface area (Å²) in [4.78, 5) is 11.9. The predicted octanol–water partition coefficient (Wildman–Crippen LogP) is 3.80. The van der Waals surface area contributed by atoms with Crippen LogP contribution in [0.5, 0.6) is 5.75 Å². The molecule has 0 saturated carbocycles. The van der Waals surface area contributed by atoms with Gasteiger partial charge >= 0.3 is 0 Å². The van der Waals surface area contributed by atoms with Crippen molar-refractivity contribution in [1.29, 1.82) is 0 Å². The number of carbonyl (C=O) groups is 1. The van der Waals surface area contributed by atoms with Crippen LogP contribution in [0.1, 0.15) is 25.0 Å². The topological polar surface area (TPSA) is 58.6 Å². The second kappa shape index (κ2) is 7.82. The van der Waals surface area contributed by atoms with Crippen LogP contribution in [0.25, 0.3) is 0 Å². The van der Waals surface area contributed by atoms with E-state index in [1.165, 1.54) is 0 Å². The molecule has 0 aromatic heterocycles.